The van der Waals surface area contributed by atoms with E-state index in [4.69, 9.17) is 4.74 Å². The van der Waals surface area contributed by atoms with Crippen molar-refractivity contribution in [3.05, 3.63) is 59.9 Å². The van der Waals surface area contributed by atoms with E-state index in [2.05, 4.69) is 16.8 Å². The summed E-state index contributed by atoms with van der Waals surface area (Å²) in [6.45, 7) is 0.289. The number of hydrogen-bond donors (Lipinski definition) is 0. The maximum Gasteiger partial charge on any atom is 0.168 e. The minimum absolute atomic E-state index is 0.289. The lowest BCUT2D eigenvalue weighted by molar-refractivity contribution is 0.111. The molecule has 0 atom stereocenters. The van der Waals surface area contributed by atoms with Crippen molar-refractivity contribution in [1.29, 1.82) is 0 Å². The summed E-state index contributed by atoms with van der Waals surface area (Å²) >= 11 is 0. The lowest BCUT2D eigenvalue weighted by Crippen LogP contribution is -1.95. The number of rotatable bonds is 3. The maximum absolute atomic E-state index is 10.4. The van der Waals surface area contributed by atoms with Crippen LogP contribution >= 0.6 is 0 Å². The first-order valence-electron chi connectivity index (χ1n) is 5.46. The fourth-order valence-corrected chi connectivity index (χ4v) is 1.33. The van der Waals surface area contributed by atoms with Crippen LogP contribution in [0.15, 0.2) is 48.7 Å². The minimum atomic E-state index is 0.289. The predicted molar refractivity (Wildman–Crippen MR) is 68.4 cm³/mol. The molecule has 0 unspecified atom stereocenters. The Hall–Kier alpha value is -2.60. The average Bonchev–Trinajstić information content (AvgIpc) is 2.45. The SMILES string of the molecule is O=Cc1ccc(OCC#Cc2ccccc2)cn1. The van der Waals surface area contributed by atoms with Crippen LogP contribution in [0.2, 0.25) is 0 Å². The van der Waals surface area contributed by atoms with Gasteiger partial charge in [-0.3, -0.25) is 4.79 Å². The zero-order chi connectivity index (χ0) is 12.6. The standard InChI is InChI=1S/C15H11NO2/c17-12-14-8-9-15(11-16-14)18-10-4-7-13-5-2-1-3-6-13/h1-3,5-6,8-9,11-12H,10H2. The zero-order valence-corrected chi connectivity index (χ0v) is 9.67. The van der Waals surface area contributed by atoms with E-state index in [-0.39, 0.29) is 6.61 Å². The number of aldehydes is 1. The fourth-order valence-electron chi connectivity index (χ4n) is 1.33. The highest BCUT2D eigenvalue weighted by Crippen LogP contribution is 2.07. The van der Waals surface area contributed by atoms with Gasteiger partial charge in [-0.1, -0.05) is 30.0 Å². The number of carbonyl (C=O) groups excluding carboxylic acids is 1. The number of ether oxygens (including phenoxy) is 1. The molecule has 1 heterocycles. The van der Waals surface area contributed by atoms with E-state index < -0.39 is 0 Å². The van der Waals surface area contributed by atoms with Crippen LogP contribution in [-0.4, -0.2) is 17.9 Å². The Labute approximate surface area is 105 Å². The summed E-state index contributed by atoms with van der Waals surface area (Å²) in [5, 5.41) is 0. The van der Waals surface area contributed by atoms with Gasteiger partial charge in [0, 0.05) is 5.56 Å². The minimum Gasteiger partial charge on any atom is -0.479 e. The summed E-state index contributed by atoms with van der Waals surface area (Å²) < 4.78 is 5.38. The molecule has 0 aliphatic rings. The van der Waals surface area contributed by atoms with E-state index in [1.165, 1.54) is 6.20 Å². The lowest BCUT2D eigenvalue weighted by atomic mass is 10.2. The molecule has 2 rings (SSSR count). The van der Waals surface area contributed by atoms with Crippen LogP contribution in [0.4, 0.5) is 0 Å². The summed E-state index contributed by atoms with van der Waals surface area (Å²) in [6.07, 6.45) is 2.20. The van der Waals surface area contributed by atoms with E-state index in [1.54, 1.807) is 12.1 Å². The number of carbonyl (C=O) groups is 1. The lowest BCUT2D eigenvalue weighted by Gasteiger charge is -2.00. The van der Waals surface area contributed by atoms with Crippen LogP contribution in [-0.2, 0) is 0 Å². The Balaban J connectivity index is 1.88. The van der Waals surface area contributed by atoms with Crippen molar-refractivity contribution in [3.63, 3.8) is 0 Å². The highest BCUT2D eigenvalue weighted by Gasteiger charge is 1.93. The van der Waals surface area contributed by atoms with Crippen molar-refractivity contribution in [1.82, 2.24) is 4.98 Å². The molecule has 0 aliphatic carbocycles. The molecule has 0 saturated carbocycles. The number of pyridine rings is 1. The molecular formula is C15H11NO2. The van der Waals surface area contributed by atoms with Crippen LogP contribution in [0.25, 0.3) is 0 Å². The third kappa shape index (κ3) is 3.46. The van der Waals surface area contributed by atoms with E-state index in [9.17, 15) is 4.79 Å². The Kier molecular flexibility index (Phi) is 4.10. The number of nitrogens with zero attached hydrogens (tertiary/aromatic N) is 1. The fraction of sp³-hybridized carbons (Fsp3) is 0.0667. The first-order chi connectivity index (χ1) is 8.88. The van der Waals surface area contributed by atoms with Gasteiger partial charge in [-0.15, -0.1) is 0 Å². The second kappa shape index (κ2) is 6.21. The van der Waals surface area contributed by atoms with Gasteiger partial charge in [-0.25, -0.2) is 4.98 Å². The molecule has 3 nitrogen and oxygen atoms in total. The monoisotopic (exact) mass is 237 g/mol. The van der Waals surface area contributed by atoms with Crippen LogP contribution in [0.3, 0.4) is 0 Å². The van der Waals surface area contributed by atoms with Gasteiger partial charge in [0.25, 0.3) is 0 Å². The first-order valence-corrected chi connectivity index (χ1v) is 5.46. The van der Waals surface area contributed by atoms with Gasteiger partial charge in [0.2, 0.25) is 0 Å². The molecule has 0 spiro atoms. The van der Waals surface area contributed by atoms with Gasteiger partial charge in [0.05, 0.1) is 6.20 Å². The molecule has 0 amide bonds. The van der Waals surface area contributed by atoms with E-state index in [0.29, 0.717) is 17.7 Å². The van der Waals surface area contributed by atoms with Gasteiger partial charge in [-0.2, -0.15) is 0 Å². The van der Waals surface area contributed by atoms with Crippen molar-refractivity contribution in [2.24, 2.45) is 0 Å². The normalized spacial score (nSPS) is 9.11. The smallest absolute Gasteiger partial charge is 0.168 e. The molecule has 0 bridgehead atoms. The van der Waals surface area contributed by atoms with Crippen molar-refractivity contribution in [2.75, 3.05) is 6.61 Å². The molecule has 0 aliphatic heterocycles. The van der Waals surface area contributed by atoms with Crippen LogP contribution in [0, 0.1) is 11.8 Å². The molecule has 0 saturated heterocycles. The second-order valence-electron chi connectivity index (χ2n) is 3.49. The largest absolute Gasteiger partial charge is 0.479 e. The first kappa shape index (κ1) is 11.9. The number of aromatic nitrogens is 1. The maximum atomic E-state index is 10.4. The van der Waals surface area contributed by atoms with Crippen LogP contribution in [0.1, 0.15) is 16.1 Å². The Bertz CT molecular complexity index is 565. The summed E-state index contributed by atoms with van der Waals surface area (Å²) in [5.74, 6) is 6.50. The Morgan fingerprint density at radius 2 is 2.00 bits per heavy atom. The Morgan fingerprint density at radius 3 is 2.67 bits per heavy atom. The molecule has 0 fully saturated rings. The van der Waals surface area contributed by atoms with Crippen LogP contribution in [0.5, 0.6) is 5.75 Å². The van der Waals surface area contributed by atoms with Crippen molar-refractivity contribution >= 4 is 6.29 Å². The molecular weight excluding hydrogens is 226 g/mol. The molecule has 2 aromatic rings. The molecule has 1 aromatic carbocycles. The molecule has 18 heavy (non-hydrogen) atoms. The topological polar surface area (TPSA) is 39.2 Å². The number of benzene rings is 1. The van der Waals surface area contributed by atoms with E-state index in [0.717, 1.165) is 5.56 Å². The summed E-state index contributed by atoms with van der Waals surface area (Å²) in [5.41, 5.74) is 1.34. The van der Waals surface area contributed by atoms with Crippen molar-refractivity contribution < 1.29 is 9.53 Å². The molecule has 3 heteroatoms. The third-order valence-corrected chi connectivity index (χ3v) is 2.20. The highest BCUT2D eigenvalue weighted by molar-refractivity contribution is 5.71. The molecule has 0 radical (unpaired) electrons. The highest BCUT2D eigenvalue weighted by atomic mass is 16.5. The van der Waals surface area contributed by atoms with Crippen molar-refractivity contribution in [3.8, 4) is 17.6 Å². The van der Waals surface area contributed by atoms with Gasteiger partial charge in [0.1, 0.15) is 18.1 Å². The zero-order valence-electron chi connectivity index (χ0n) is 9.67. The second-order valence-corrected chi connectivity index (χ2v) is 3.49. The quantitative estimate of drug-likeness (QED) is 0.607. The summed E-state index contributed by atoms with van der Waals surface area (Å²) in [7, 11) is 0. The van der Waals surface area contributed by atoms with Gasteiger partial charge in [0.15, 0.2) is 6.29 Å². The van der Waals surface area contributed by atoms with E-state index >= 15 is 0 Å². The third-order valence-electron chi connectivity index (χ3n) is 2.20. The summed E-state index contributed by atoms with van der Waals surface area (Å²) in [4.78, 5) is 14.3. The van der Waals surface area contributed by atoms with Crippen molar-refractivity contribution in [2.45, 2.75) is 0 Å². The molecule has 88 valence electrons. The predicted octanol–water partition coefficient (Wildman–Crippen LogP) is 2.32. The van der Waals surface area contributed by atoms with E-state index in [1.807, 2.05) is 30.3 Å². The molecule has 1 aromatic heterocycles. The van der Waals surface area contributed by atoms with Gasteiger partial charge in [-0.05, 0) is 24.3 Å². The summed E-state index contributed by atoms with van der Waals surface area (Å²) in [6, 6.07) is 13.0. The van der Waals surface area contributed by atoms with Crippen LogP contribution < -0.4 is 4.74 Å². The Morgan fingerprint density at radius 1 is 1.17 bits per heavy atom. The number of hydrogen-bond acceptors (Lipinski definition) is 3. The molecule has 0 N–H and O–H groups in total. The van der Waals surface area contributed by atoms with Gasteiger partial charge >= 0.3 is 0 Å². The average molecular weight is 237 g/mol. The van der Waals surface area contributed by atoms with Gasteiger partial charge < -0.3 is 4.74 Å².